The molecule has 0 bridgehead atoms. The molecule has 0 N–H and O–H groups in total. The number of hydrogen-bond acceptors (Lipinski definition) is 1. The number of aromatic nitrogens is 2. The maximum atomic E-state index is 4.37. The van der Waals surface area contributed by atoms with Gasteiger partial charge in [0.1, 0.15) is 0 Å². The van der Waals surface area contributed by atoms with Gasteiger partial charge in [-0.1, -0.05) is 18.2 Å². The number of fused-ring (bicyclic) bond motifs is 1. The minimum atomic E-state index is 0.386. The van der Waals surface area contributed by atoms with Crippen molar-refractivity contribution in [2.24, 2.45) is 0 Å². The van der Waals surface area contributed by atoms with Crippen LogP contribution in [0.15, 0.2) is 24.3 Å². The highest BCUT2D eigenvalue weighted by Crippen LogP contribution is 2.12. The van der Waals surface area contributed by atoms with Gasteiger partial charge in [-0.3, -0.25) is 4.68 Å². The van der Waals surface area contributed by atoms with Gasteiger partial charge >= 0.3 is 0 Å². The van der Waals surface area contributed by atoms with E-state index in [-0.39, 0.29) is 0 Å². The minimum Gasteiger partial charge on any atom is -0.260 e. The molecule has 0 aliphatic rings. The SMILES string of the molecule is CC(C)n1[c]c2ccccc2n1. The van der Waals surface area contributed by atoms with Crippen LogP contribution in [0, 0.1) is 6.20 Å². The zero-order valence-corrected chi connectivity index (χ0v) is 7.28. The summed E-state index contributed by atoms with van der Waals surface area (Å²) < 4.78 is 1.87. The van der Waals surface area contributed by atoms with E-state index in [1.54, 1.807) is 0 Å². The molecule has 0 saturated carbocycles. The predicted molar refractivity (Wildman–Crippen MR) is 49.0 cm³/mol. The van der Waals surface area contributed by atoms with Gasteiger partial charge in [0.2, 0.25) is 0 Å². The molecule has 2 heteroatoms. The maximum absolute atomic E-state index is 4.37. The molecule has 2 nitrogen and oxygen atoms in total. The van der Waals surface area contributed by atoms with Gasteiger partial charge in [0, 0.05) is 11.4 Å². The van der Waals surface area contributed by atoms with Crippen LogP contribution in [0.2, 0.25) is 0 Å². The minimum absolute atomic E-state index is 0.386. The Kier molecular flexibility index (Phi) is 1.61. The van der Waals surface area contributed by atoms with Crippen molar-refractivity contribution in [3.05, 3.63) is 30.5 Å². The molecule has 1 heterocycles. The maximum Gasteiger partial charge on any atom is 0.0951 e. The highest BCUT2D eigenvalue weighted by atomic mass is 15.3. The van der Waals surface area contributed by atoms with Crippen molar-refractivity contribution in [1.29, 1.82) is 0 Å². The second kappa shape index (κ2) is 2.63. The monoisotopic (exact) mass is 159 g/mol. The first kappa shape index (κ1) is 7.35. The van der Waals surface area contributed by atoms with E-state index in [1.807, 2.05) is 28.9 Å². The molecule has 2 aromatic rings. The molecule has 0 amide bonds. The molecule has 1 radical (unpaired) electrons. The van der Waals surface area contributed by atoms with Crippen LogP contribution in [0.5, 0.6) is 0 Å². The number of hydrogen-bond donors (Lipinski definition) is 0. The fourth-order valence-corrected chi connectivity index (χ4v) is 1.16. The van der Waals surface area contributed by atoms with Crippen molar-refractivity contribution in [1.82, 2.24) is 9.78 Å². The Morgan fingerprint density at radius 1 is 1.33 bits per heavy atom. The van der Waals surface area contributed by atoms with Crippen molar-refractivity contribution < 1.29 is 0 Å². The molecule has 0 fully saturated rings. The molecule has 0 aliphatic heterocycles. The van der Waals surface area contributed by atoms with Crippen LogP contribution in [0.4, 0.5) is 0 Å². The van der Waals surface area contributed by atoms with Gasteiger partial charge in [-0.2, -0.15) is 5.10 Å². The third-order valence-electron chi connectivity index (χ3n) is 1.84. The Morgan fingerprint density at radius 3 is 2.75 bits per heavy atom. The first-order valence-corrected chi connectivity index (χ1v) is 4.14. The van der Waals surface area contributed by atoms with Gasteiger partial charge in [0.05, 0.1) is 11.7 Å². The van der Waals surface area contributed by atoms with E-state index in [1.165, 1.54) is 0 Å². The molecule has 0 aliphatic carbocycles. The first-order valence-electron chi connectivity index (χ1n) is 4.14. The normalized spacial score (nSPS) is 11.2. The summed E-state index contributed by atoms with van der Waals surface area (Å²) in [5.74, 6) is 0. The third kappa shape index (κ3) is 1.09. The molecule has 1 aromatic carbocycles. The Labute approximate surface area is 71.8 Å². The van der Waals surface area contributed by atoms with Crippen LogP contribution >= 0.6 is 0 Å². The summed E-state index contributed by atoms with van der Waals surface area (Å²) in [6.45, 7) is 4.20. The number of benzene rings is 1. The van der Waals surface area contributed by atoms with Gasteiger partial charge in [-0.15, -0.1) is 0 Å². The zero-order valence-electron chi connectivity index (χ0n) is 7.28. The molecule has 1 aromatic heterocycles. The summed E-state index contributed by atoms with van der Waals surface area (Å²) in [5.41, 5.74) is 1.02. The Morgan fingerprint density at radius 2 is 2.08 bits per heavy atom. The number of nitrogens with zero attached hydrogens (tertiary/aromatic N) is 2. The summed E-state index contributed by atoms with van der Waals surface area (Å²) in [6.07, 6.45) is 3.20. The second-order valence-corrected chi connectivity index (χ2v) is 3.17. The number of rotatable bonds is 1. The van der Waals surface area contributed by atoms with E-state index < -0.39 is 0 Å². The highest BCUT2D eigenvalue weighted by Gasteiger charge is 2.01. The largest absolute Gasteiger partial charge is 0.260 e. The lowest BCUT2D eigenvalue weighted by molar-refractivity contribution is 0.534. The summed E-state index contributed by atoms with van der Waals surface area (Å²) in [6, 6.07) is 8.42. The van der Waals surface area contributed by atoms with Crippen molar-refractivity contribution in [3.8, 4) is 0 Å². The quantitative estimate of drug-likeness (QED) is 0.624. The zero-order chi connectivity index (χ0) is 8.55. The van der Waals surface area contributed by atoms with Crippen molar-refractivity contribution in [3.63, 3.8) is 0 Å². The lowest BCUT2D eigenvalue weighted by Gasteiger charge is -2.01. The molecular formula is C10H11N2. The second-order valence-electron chi connectivity index (χ2n) is 3.17. The summed E-state index contributed by atoms with van der Waals surface area (Å²) in [7, 11) is 0. The Hall–Kier alpha value is -1.31. The van der Waals surface area contributed by atoms with Gasteiger partial charge < -0.3 is 0 Å². The summed E-state index contributed by atoms with van der Waals surface area (Å²) in [4.78, 5) is 0. The van der Waals surface area contributed by atoms with Crippen LogP contribution in [-0.4, -0.2) is 9.78 Å². The smallest absolute Gasteiger partial charge is 0.0951 e. The van der Waals surface area contributed by atoms with Crippen molar-refractivity contribution in [2.75, 3.05) is 0 Å². The van der Waals surface area contributed by atoms with E-state index in [9.17, 15) is 0 Å². The Balaban J connectivity index is 2.62. The lowest BCUT2D eigenvalue weighted by atomic mass is 10.3. The molecule has 0 saturated heterocycles. The van der Waals surface area contributed by atoms with Crippen LogP contribution in [-0.2, 0) is 0 Å². The fourth-order valence-electron chi connectivity index (χ4n) is 1.16. The predicted octanol–water partition coefficient (Wildman–Crippen LogP) is 2.42. The fraction of sp³-hybridized carbons (Fsp3) is 0.300. The van der Waals surface area contributed by atoms with Crippen molar-refractivity contribution >= 4 is 10.9 Å². The van der Waals surface area contributed by atoms with E-state index in [0.29, 0.717) is 6.04 Å². The topological polar surface area (TPSA) is 17.8 Å². The average Bonchev–Trinajstić information content (AvgIpc) is 2.46. The van der Waals surface area contributed by atoms with Gasteiger partial charge in [-0.25, -0.2) is 0 Å². The molecule has 12 heavy (non-hydrogen) atoms. The molecule has 0 atom stereocenters. The molecule has 0 unspecified atom stereocenters. The molecule has 2 rings (SSSR count). The average molecular weight is 159 g/mol. The lowest BCUT2D eigenvalue weighted by Crippen LogP contribution is -2.00. The molecule has 61 valence electrons. The van der Waals surface area contributed by atoms with E-state index in [2.05, 4.69) is 25.1 Å². The van der Waals surface area contributed by atoms with E-state index >= 15 is 0 Å². The van der Waals surface area contributed by atoms with E-state index in [4.69, 9.17) is 0 Å². The van der Waals surface area contributed by atoms with Crippen LogP contribution in [0.3, 0.4) is 0 Å². The third-order valence-corrected chi connectivity index (χ3v) is 1.84. The van der Waals surface area contributed by atoms with Crippen molar-refractivity contribution in [2.45, 2.75) is 19.9 Å². The summed E-state index contributed by atoms with van der Waals surface area (Å²) >= 11 is 0. The van der Waals surface area contributed by atoms with Gasteiger partial charge in [0.25, 0.3) is 0 Å². The standard InChI is InChI=1S/C10H11N2/c1-8(2)12-7-9-5-3-4-6-10(9)11-12/h3-6,8H,1-2H3. The molecular weight excluding hydrogens is 148 g/mol. The van der Waals surface area contributed by atoms with Gasteiger partial charge in [-0.05, 0) is 19.9 Å². The highest BCUT2D eigenvalue weighted by molar-refractivity contribution is 5.77. The van der Waals surface area contributed by atoms with Crippen LogP contribution in [0.1, 0.15) is 19.9 Å². The first-order chi connectivity index (χ1) is 5.77. The van der Waals surface area contributed by atoms with Gasteiger partial charge in [0.15, 0.2) is 0 Å². The summed E-state index contributed by atoms with van der Waals surface area (Å²) in [5, 5.41) is 5.46. The van der Waals surface area contributed by atoms with E-state index in [0.717, 1.165) is 10.9 Å². The van der Waals surface area contributed by atoms with Crippen LogP contribution in [0.25, 0.3) is 10.9 Å². The molecule has 0 spiro atoms. The Bertz CT molecular complexity index is 354. The van der Waals surface area contributed by atoms with Crippen LogP contribution < -0.4 is 0 Å².